The summed E-state index contributed by atoms with van der Waals surface area (Å²) in [5.74, 6) is -3.49. The second kappa shape index (κ2) is 4.03. The average Bonchev–Trinajstić information content (AvgIpc) is 2.82. The van der Waals surface area contributed by atoms with Gasteiger partial charge in [-0.2, -0.15) is 8.78 Å². The predicted octanol–water partition coefficient (Wildman–Crippen LogP) is 3.64. The fourth-order valence-corrected chi connectivity index (χ4v) is 2.38. The molecule has 17 heavy (non-hydrogen) atoms. The van der Waals surface area contributed by atoms with Gasteiger partial charge in [0.1, 0.15) is 5.69 Å². The van der Waals surface area contributed by atoms with Crippen LogP contribution in [0.3, 0.4) is 0 Å². The van der Waals surface area contributed by atoms with E-state index in [1.165, 1.54) is 18.3 Å². The van der Waals surface area contributed by atoms with Gasteiger partial charge in [-0.05, 0) is 19.1 Å². The fourth-order valence-electron chi connectivity index (χ4n) is 1.52. The topological polar surface area (TPSA) is 43.1 Å². The fraction of sp³-hybridized carbons (Fsp3) is 0.273. The van der Waals surface area contributed by atoms with Crippen molar-refractivity contribution in [2.24, 2.45) is 0 Å². The number of alkyl halides is 2. The second-order valence-electron chi connectivity index (χ2n) is 3.69. The Morgan fingerprint density at radius 1 is 1.47 bits per heavy atom. The quantitative estimate of drug-likeness (QED) is 0.788. The highest BCUT2D eigenvalue weighted by molar-refractivity contribution is 7.17. The molecule has 0 amide bonds. The third-order valence-electron chi connectivity index (χ3n) is 2.30. The Kier molecular flexibility index (Phi) is 2.82. The number of rotatable bonds is 3. The molecule has 0 bridgehead atoms. The Bertz CT molecular complexity index is 554. The van der Waals surface area contributed by atoms with Crippen LogP contribution in [-0.2, 0) is 5.92 Å². The maximum absolute atomic E-state index is 13.1. The van der Waals surface area contributed by atoms with Gasteiger partial charge in [0.05, 0.1) is 9.75 Å². The van der Waals surface area contributed by atoms with Crippen LogP contribution < -0.4 is 0 Å². The van der Waals surface area contributed by atoms with Gasteiger partial charge in [0.15, 0.2) is 6.29 Å². The molecular formula is C11H9F2NO2S. The molecule has 0 spiro atoms. The maximum atomic E-state index is 13.1. The lowest BCUT2D eigenvalue weighted by Gasteiger charge is -2.05. The molecule has 2 rings (SSSR count). The lowest BCUT2D eigenvalue weighted by molar-refractivity contribution is -0.0112. The molecule has 2 aromatic heterocycles. The van der Waals surface area contributed by atoms with Crippen molar-refractivity contribution in [2.45, 2.75) is 19.8 Å². The summed E-state index contributed by atoms with van der Waals surface area (Å²) in [6.07, 6.45) is 0.707. The smallest absolute Gasteiger partial charge is 0.304 e. The van der Waals surface area contributed by atoms with Crippen molar-refractivity contribution in [1.29, 1.82) is 0 Å². The number of hydrogen-bond donors (Lipinski definition) is 0. The van der Waals surface area contributed by atoms with E-state index in [9.17, 15) is 13.6 Å². The summed E-state index contributed by atoms with van der Waals surface area (Å²) in [6.45, 7) is 2.29. The molecule has 0 saturated heterocycles. The van der Waals surface area contributed by atoms with Gasteiger partial charge >= 0.3 is 5.92 Å². The summed E-state index contributed by atoms with van der Waals surface area (Å²) in [5.41, 5.74) is 0.663. The molecule has 2 aromatic rings. The second-order valence-corrected chi connectivity index (χ2v) is 4.81. The molecule has 0 unspecified atom stereocenters. The highest BCUT2D eigenvalue weighted by Crippen LogP contribution is 2.36. The van der Waals surface area contributed by atoms with Gasteiger partial charge in [0, 0.05) is 12.5 Å². The van der Waals surface area contributed by atoms with Crippen molar-refractivity contribution in [3.63, 3.8) is 0 Å². The van der Waals surface area contributed by atoms with Gasteiger partial charge < -0.3 is 4.52 Å². The predicted molar refractivity (Wildman–Crippen MR) is 59.5 cm³/mol. The molecule has 0 aliphatic carbocycles. The van der Waals surface area contributed by atoms with Crippen LogP contribution in [0, 0.1) is 6.92 Å². The molecule has 3 nitrogen and oxygen atoms in total. The minimum absolute atomic E-state index is 0.303. The lowest BCUT2D eigenvalue weighted by atomic mass is 10.1. The normalized spacial score (nSPS) is 11.8. The first kappa shape index (κ1) is 11.9. The zero-order chi connectivity index (χ0) is 12.6. The zero-order valence-corrected chi connectivity index (χ0v) is 9.98. The van der Waals surface area contributed by atoms with Crippen LogP contribution >= 0.6 is 11.3 Å². The maximum Gasteiger partial charge on any atom is 0.304 e. The molecule has 0 saturated carbocycles. The Morgan fingerprint density at radius 2 is 2.18 bits per heavy atom. The third kappa shape index (κ3) is 2.12. The molecule has 0 aliphatic heterocycles. The molecule has 0 radical (unpaired) electrons. The number of nitrogens with zero attached hydrogens (tertiary/aromatic N) is 1. The van der Waals surface area contributed by atoms with Crippen LogP contribution in [0.2, 0.25) is 0 Å². The van der Waals surface area contributed by atoms with Crippen LogP contribution in [0.4, 0.5) is 8.78 Å². The van der Waals surface area contributed by atoms with E-state index in [2.05, 4.69) is 9.68 Å². The summed E-state index contributed by atoms with van der Waals surface area (Å²) < 4.78 is 30.9. The SMILES string of the molecule is Cc1c(-c2ccc(C=O)s2)noc1C(C)(F)F. The highest BCUT2D eigenvalue weighted by Gasteiger charge is 2.33. The van der Waals surface area contributed by atoms with Crippen molar-refractivity contribution >= 4 is 17.6 Å². The minimum Gasteiger partial charge on any atom is -0.354 e. The van der Waals surface area contributed by atoms with Crippen LogP contribution in [0.15, 0.2) is 16.7 Å². The molecule has 0 aliphatic rings. The monoisotopic (exact) mass is 257 g/mol. The van der Waals surface area contributed by atoms with Gasteiger partial charge in [-0.15, -0.1) is 11.3 Å². The average molecular weight is 257 g/mol. The molecular weight excluding hydrogens is 248 g/mol. The lowest BCUT2D eigenvalue weighted by Crippen LogP contribution is -2.06. The summed E-state index contributed by atoms with van der Waals surface area (Å²) in [6, 6.07) is 3.28. The van der Waals surface area contributed by atoms with Gasteiger partial charge in [-0.1, -0.05) is 5.16 Å². The molecule has 0 fully saturated rings. The first-order chi connectivity index (χ1) is 7.93. The number of carbonyl (C=O) groups is 1. The van der Waals surface area contributed by atoms with E-state index in [0.29, 0.717) is 27.3 Å². The highest BCUT2D eigenvalue weighted by atomic mass is 32.1. The summed E-state index contributed by atoms with van der Waals surface area (Å²) in [5, 5.41) is 3.64. The largest absolute Gasteiger partial charge is 0.354 e. The molecule has 6 heteroatoms. The van der Waals surface area contributed by atoms with E-state index in [0.717, 1.165) is 6.92 Å². The zero-order valence-electron chi connectivity index (χ0n) is 9.16. The van der Waals surface area contributed by atoms with Crippen molar-refractivity contribution < 1.29 is 18.1 Å². The number of halogens is 2. The third-order valence-corrected chi connectivity index (χ3v) is 3.32. The molecule has 0 N–H and O–H groups in total. The minimum atomic E-state index is -3.06. The Labute approximate surface area is 100 Å². The molecule has 0 atom stereocenters. The van der Waals surface area contributed by atoms with Gasteiger partial charge in [0.25, 0.3) is 0 Å². The van der Waals surface area contributed by atoms with Crippen LogP contribution in [-0.4, -0.2) is 11.4 Å². The number of thiophene rings is 1. The summed E-state index contributed by atoms with van der Waals surface area (Å²) >= 11 is 1.19. The number of hydrogen-bond acceptors (Lipinski definition) is 4. The van der Waals surface area contributed by atoms with Crippen LogP contribution in [0.1, 0.15) is 27.9 Å². The summed E-state index contributed by atoms with van der Waals surface area (Å²) in [7, 11) is 0. The van der Waals surface area contributed by atoms with E-state index < -0.39 is 11.7 Å². The Hall–Kier alpha value is -1.56. The first-order valence-electron chi connectivity index (χ1n) is 4.83. The molecule has 2 heterocycles. The van der Waals surface area contributed by atoms with Crippen molar-refractivity contribution in [1.82, 2.24) is 5.16 Å². The number of carbonyl (C=O) groups excluding carboxylic acids is 1. The summed E-state index contributed by atoms with van der Waals surface area (Å²) in [4.78, 5) is 11.7. The van der Waals surface area contributed by atoms with Crippen molar-refractivity contribution in [3.8, 4) is 10.6 Å². The van der Waals surface area contributed by atoms with Crippen molar-refractivity contribution in [2.75, 3.05) is 0 Å². The van der Waals surface area contributed by atoms with Crippen LogP contribution in [0.25, 0.3) is 10.6 Å². The van der Waals surface area contributed by atoms with Crippen molar-refractivity contribution in [3.05, 3.63) is 28.3 Å². The standard InChI is InChI=1S/C11H9F2NO2S/c1-6-9(8-4-3-7(5-15)17-8)14-16-10(6)11(2,12)13/h3-5H,1-2H3. The number of aromatic nitrogens is 1. The number of aldehydes is 1. The van der Waals surface area contributed by atoms with E-state index in [4.69, 9.17) is 0 Å². The van der Waals surface area contributed by atoms with Crippen LogP contribution in [0.5, 0.6) is 0 Å². The molecule has 0 aromatic carbocycles. The van der Waals surface area contributed by atoms with E-state index in [-0.39, 0.29) is 0 Å². The van der Waals surface area contributed by atoms with Gasteiger partial charge in [0.2, 0.25) is 5.76 Å². The Morgan fingerprint density at radius 3 is 2.65 bits per heavy atom. The van der Waals surface area contributed by atoms with Gasteiger partial charge in [-0.3, -0.25) is 4.79 Å². The van der Waals surface area contributed by atoms with E-state index in [1.807, 2.05) is 0 Å². The molecule has 90 valence electrons. The van der Waals surface area contributed by atoms with E-state index >= 15 is 0 Å². The van der Waals surface area contributed by atoms with Gasteiger partial charge in [-0.25, -0.2) is 0 Å². The Balaban J connectivity index is 2.47. The first-order valence-corrected chi connectivity index (χ1v) is 5.65. The van der Waals surface area contributed by atoms with E-state index in [1.54, 1.807) is 12.1 Å².